The topological polar surface area (TPSA) is 52.6 Å². The van der Waals surface area contributed by atoms with Gasteiger partial charge in [0.05, 0.1) is 12.7 Å². The van der Waals surface area contributed by atoms with Gasteiger partial charge in [-0.05, 0) is 26.8 Å². The molecule has 3 aliphatic rings. The average molecular weight is 354 g/mol. The first-order chi connectivity index (χ1) is 12.2. The van der Waals surface area contributed by atoms with E-state index < -0.39 is 0 Å². The summed E-state index contributed by atoms with van der Waals surface area (Å²) in [5, 5.41) is 3.58. The number of piperazine rings is 1. The van der Waals surface area contributed by atoms with Crippen LogP contribution in [0.5, 0.6) is 0 Å². The van der Waals surface area contributed by atoms with Crippen molar-refractivity contribution in [2.45, 2.75) is 38.0 Å². The third-order valence-electron chi connectivity index (χ3n) is 5.70. The molecule has 0 aromatic rings. The van der Waals surface area contributed by atoms with Crippen molar-refractivity contribution >= 4 is 5.96 Å². The summed E-state index contributed by atoms with van der Waals surface area (Å²) < 4.78 is 11.8. The van der Waals surface area contributed by atoms with Crippen molar-refractivity contribution < 1.29 is 9.47 Å². The maximum absolute atomic E-state index is 5.96. The van der Waals surface area contributed by atoms with Crippen LogP contribution in [0.1, 0.15) is 19.8 Å². The number of nitrogens with zero attached hydrogens (tertiary/aromatic N) is 4. The van der Waals surface area contributed by atoms with E-state index in [2.05, 4.69) is 39.0 Å². The third-order valence-corrected chi connectivity index (χ3v) is 5.70. The zero-order valence-electron chi connectivity index (χ0n) is 16.1. The first kappa shape index (κ1) is 18.9. The van der Waals surface area contributed by atoms with Crippen LogP contribution in [0.4, 0.5) is 0 Å². The molecule has 25 heavy (non-hydrogen) atoms. The first-order valence-electron chi connectivity index (χ1n) is 9.78. The Morgan fingerprint density at radius 2 is 1.88 bits per heavy atom. The fourth-order valence-electron chi connectivity index (χ4n) is 3.95. The Morgan fingerprint density at radius 1 is 1.12 bits per heavy atom. The third kappa shape index (κ3) is 5.06. The standard InChI is InChI=1S/C18H35N5O2/c1-15(22-8-6-21(3)7-9-22)13-20-18(19-2)23-10-12-25-17(14-23)16-5-4-11-24-16/h15-17H,4-14H2,1-3H3,(H,19,20). The maximum Gasteiger partial charge on any atom is 0.193 e. The van der Waals surface area contributed by atoms with Gasteiger partial charge in [0.1, 0.15) is 6.10 Å². The first-order valence-corrected chi connectivity index (χ1v) is 9.78. The van der Waals surface area contributed by atoms with Crippen molar-refractivity contribution in [1.29, 1.82) is 0 Å². The van der Waals surface area contributed by atoms with Gasteiger partial charge in [-0.3, -0.25) is 9.89 Å². The van der Waals surface area contributed by atoms with Crippen LogP contribution in [0.25, 0.3) is 0 Å². The summed E-state index contributed by atoms with van der Waals surface area (Å²) in [7, 11) is 4.07. The van der Waals surface area contributed by atoms with Crippen LogP contribution in [-0.2, 0) is 9.47 Å². The predicted octanol–water partition coefficient (Wildman–Crippen LogP) is 0.0775. The summed E-state index contributed by atoms with van der Waals surface area (Å²) in [6, 6.07) is 0.514. The second kappa shape index (κ2) is 9.16. The number of guanidine groups is 1. The van der Waals surface area contributed by atoms with Crippen LogP contribution in [0.3, 0.4) is 0 Å². The zero-order chi connectivity index (χ0) is 17.6. The highest BCUT2D eigenvalue weighted by atomic mass is 16.5. The van der Waals surface area contributed by atoms with E-state index in [-0.39, 0.29) is 12.2 Å². The lowest BCUT2D eigenvalue weighted by Crippen LogP contribution is -2.56. The predicted molar refractivity (Wildman–Crippen MR) is 100 cm³/mol. The molecule has 3 unspecified atom stereocenters. The molecule has 3 saturated heterocycles. The van der Waals surface area contributed by atoms with Gasteiger partial charge >= 0.3 is 0 Å². The van der Waals surface area contributed by atoms with Crippen molar-refractivity contribution in [3.63, 3.8) is 0 Å². The summed E-state index contributed by atoms with van der Waals surface area (Å²) in [6.45, 7) is 11.2. The van der Waals surface area contributed by atoms with Gasteiger partial charge in [0.2, 0.25) is 0 Å². The van der Waals surface area contributed by atoms with E-state index in [1.54, 1.807) is 0 Å². The monoisotopic (exact) mass is 353 g/mol. The summed E-state index contributed by atoms with van der Waals surface area (Å²) >= 11 is 0. The number of rotatable bonds is 4. The van der Waals surface area contributed by atoms with Crippen molar-refractivity contribution in [3.05, 3.63) is 0 Å². The van der Waals surface area contributed by atoms with Crippen LogP contribution in [0, 0.1) is 0 Å². The van der Waals surface area contributed by atoms with Crippen molar-refractivity contribution in [3.8, 4) is 0 Å². The van der Waals surface area contributed by atoms with Crippen molar-refractivity contribution in [2.75, 3.05) is 73.1 Å². The molecule has 3 aliphatic heterocycles. The lowest BCUT2D eigenvalue weighted by Gasteiger charge is -2.39. The molecule has 3 atom stereocenters. The van der Waals surface area contributed by atoms with Gasteiger partial charge in [0.15, 0.2) is 5.96 Å². The fraction of sp³-hybridized carbons (Fsp3) is 0.944. The molecular formula is C18H35N5O2. The SMILES string of the molecule is CN=C(NCC(C)N1CCN(C)CC1)N1CCOC(C2CCCO2)C1. The highest BCUT2D eigenvalue weighted by Gasteiger charge is 2.32. The maximum atomic E-state index is 5.96. The molecule has 0 saturated carbocycles. The minimum absolute atomic E-state index is 0.171. The molecular weight excluding hydrogens is 318 g/mol. The van der Waals surface area contributed by atoms with Crippen molar-refractivity contribution in [2.24, 2.45) is 4.99 Å². The molecule has 1 N–H and O–H groups in total. The van der Waals surface area contributed by atoms with Gasteiger partial charge in [-0.15, -0.1) is 0 Å². The Kier molecular flexibility index (Phi) is 6.92. The van der Waals surface area contributed by atoms with E-state index in [9.17, 15) is 0 Å². The van der Waals surface area contributed by atoms with Crippen LogP contribution >= 0.6 is 0 Å². The lowest BCUT2D eigenvalue weighted by molar-refractivity contribution is -0.0817. The van der Waals surface area contributed by atoms with Gasteiger partial charge in [-0.25, -0.2) is 0 Å². The molecule has 3 heterocycles. The average Bonchev–Trinajstić information content (AvgIpc) is 3.18. The van der Waals surface area contributed by atoms with E-state index in [0.717, 1.165) is 77.8 Å². The lowest BCUT2D eigenvalue weighted by atomic mass is 10.1. The molecule has 0 bridgehead atoms. The van der Waals surface area contributed by atoms with Gasteiger partial charge in [0.25, 0.3) is 0 Å². The highest BCUT2D eigenvalue weighted by molar-refractivity contribution is 5.80. The van der Waals surface area contributed by atoms with E-state index in [1.807, 2.05) is 7.05 Å². The molecule has 7 nitrogen and oxygen atoms in total. The molecule has 0 radical (unpaired) electrons. The molecule has 144 valence electrons. The Bertz CT molecular complexity index is 433. The molecule has 0 aliphatic carbocycles. The fourth-order valence-corrected chi connectivity index (χ4v) is 3.95. The number of nitrogens with one attached hydrogen (secondary N) is 1. The van der Waals surface area contributed by atoms with Gasteiger partial charge in [-0.2, -0.15) is 0 Å². The normalized spacial score (nSPS) is 31.3. The minimum Gasteiger partial charge on any atom is -0.375 e. The second-order valence-corrected chi connectivity index (χ2v) is 7.52. The zero-order valence-corrected chi connectivity index (χ0v) is 16.1. The molecule has 0 aromatic carbocycles. The molecule has 0 amide bonds. The summed E-state index contributed by atoms with van der Waals surface area (Å²) in [5.41, 5.74) is 0. The van der Waals surface area contributed by atoms with Crippen LogP contribution in [-0.4, -0.2) is 112 Å². The van der Waals surface area contributed by atoms with E-state index in [4.69, 9.17) is 9.47 Å². The van der Waals surface area contributed by atoms with E-state index >= 15 is 0 Å². The molecule has 7 heteroatoms. The molecule has 0 spiro atoms. The summed E-state index contributed by atoms with van der Waals surface area (Å²) in [5.74, 6) is 0.993. The number of ether oxygens (including phenoxy) is 2. The number of morpholine rings is 1. The van der Waals surface area contributed by atoms with E-state index in [1.165, 1.54) is 0 Å². The number of hydrogen-bond acceptors (Lipinski definition) is 5. The van der Waals surface area contributed by atoms with Gasteiger partial charge < -0.3 is 24.6 Å². The van der Waals surface area contributed by atoms with Crippen LogP contribution in [0.15, 0.2) is 4.99 Å². The van der Waals surface area contributed by atoms with Crippen LogP contribution < -0.4 is 5.32 Å². The number of hydrogen-bond donors (Lipinski definition) is 1. The van der Waals surface area contributed by atoms with Crippen molar-refractivity contribution in [1.82, 2.24) is 20.0 Å². The Balaban J connectivity index is 1.46. The number of likely N-dealkylation sites (N-methyl/N-ethyl adjacent to an activating group) is 1. The highest BCUT2D eigenvalue weighted by Crippen LogP contribution is 2.21. The number of aliphatic imine (C=N–C) groups is 1. The molecule has 3 fully saturated rings. The minimum atomic E-state index is 0.171. The molecule has 0 aromatic heterocycles. The quantitative estimate of drug-likeness (QED) is 0.571. The Hall–Kier alpha value is -0.890. The second-order valence-electron chi connectivity index (χ2n) is 7.52. The largest absolute Gasteiger partial charge is 0.375 e. The van der Waals surface area contributed by atoms with E-state index in [0.29, 0.717) is 6.04 Å². The molecule has 3 rings (SSSR count). The smallest absolute Gasteiger partial charge is 0.193 e. The Morgan fingerprint density at radius 3 is 2.56 bits per heavy atom. The van der Waals surface area contributed by atoms with Gasteiger partial charge in [-0.1, -0.05) is 0 Å². The van der Waals surface area contributed by atoms with Crippen LogP contribution in [0.2, 0.25) is 0 Å². The Labute approximate surface area is 152 Å². The summed E-state index contributed by atoms with van der Waals surface area (Å²) in [4.78, 5) is 11.8. The van der Waals surface area contributed by atoms with Gasteiger partial charge in [0, 0.05) is 65.5 Å². The summed E-state index contributed by atoms with van der Waals surface area (Å²) in [6.07, 6.45) is 2.69.